The molecule has 0 saturated carbocycles. The first-order valence-electron chi connectivity index (χ1n) is 7.83. The second-order valence-electron chi connectivity index (χ2n) is 5.85. The Kier molecular flexibility index (Phi) is 5.93. The zero-order valence-electron chi connectivity index (χ0n) is 14.1. The van der Waals surface area contributed by atoms with Crippen LogP contribution in [0.3, 0.4) is 0 Å². The van der Waals surface area contributed by atoms with Crippen molar-refractivity contribution in [3.63, 3.8) is 0 Å². The number of carbonyl (C=O) groups is 1. The first-order valence-corrected chi connectivity index (χ1v) is 9.38. The first kappa shape index (κ1) is 19.1. The number of oxazole rings is 1. The van der Waals surface area contributed by atoms with Gasteiger partial charge in [0.1, 0.15) is 6.26 Å². The molecule has 0 radical (unpaired) electrons. The fourth-order valence-electron chi connectivity index (χ4n) is 2.11. The van der Waals surface area contributed by atoms with E-state index in [4.69, 9.17) is 15.3 Å². The lowest BCUT2D eigenvalue weighted by Gasteiger charge is -2.13. The van der Waals surface area contributed by atoms with E-state index in [1.165, 1.54) is 18.4 Å². The molecule has 2 aromatic rings. The minimum absolute atomic E-state index is 0.0164. The summed E-state index contributed by atoms with van der Waals surface area (Å²) < 4.78 is 27.7. The van der Waals surface area contributed by atoms with E-state index in [-0.39, 0.29) is 29.1 Å². The molecule has 8 nitrogen and oxygen atoms in total. The highest BCUT2D eigenvalue weighted by Crippen LogP contribution is 2.21. The third kappa shape index (κ3) is 4.88. The van der Waals surface area contributed by atoms with Crippen molar-refractivity contribution < 1.29 is 17.6 Å². The summed E-state index contributed by atoms with van der Waals surface area (Å²) in [4.78, 5) is 16.3. The molecule has 5 N–H and O–H groups in total. The molecule has 1 aromatic heterocycles. The predicted molar refractivity (Wildman–Crippen MR) is 91.9 cm³/mol. The summed E-state index contributed by atoms with van der Waals surface area (Å²) in [6, 6.07) is 5.56. The number of benzene rings is 1. The Morgan fingerprint density at radius 2 is 1.96 bits per heavy atom. The van der Waals surface area contributed by atoms with E-state index >= 15 is 0 Å². The second-order valence-corrected chi connectivity index (χ2v) is 7.42. The van der Waals surface area contributed by atoms with Crippen molar-refractivity contribution in [2.24, 2.45) is 16.8 Å². The van der Waals surface area contributed by atoms with Gasteiger partial charge in [-0.25, -0.2) is 18.5 Å². The van der Waals surface area contributed by atoms with E-state index in [1.807, 2.05) is 13.8 Å². The molecule has 0 aliphatic heterocycles. The monoisotopic (exact) mass is 366 g/mol. The smallest absolute Gasteiger partial charge is 0.273 e. The summed E-state index contributed by atoms with van der Waals surface area (Å²) in [6.07, 6.45) is 2.15. The van der Waals surface area contributed by atoms with Gasteiger partial charge < -0.3 is 15.5 Å². The van der Waals surface area contributed by atoms with Crippen molar-refractivity contribution in [3.05, 3.63) is 47.7 Å². The Bertz CT molecular complexity index is 830. The highest BCUT2D eigenvalue weighted by Gasteiger charge is 2.20. The Balaban J connectivity index is 1.98. The lowest BCUT2D eigenvalue weighted by atomic mass is 10.0. The number of amides is 1. The fraction of sp³-hybridized carbons (Fsp3) is 0.375. The summed E-state index contributed by atoms with van der Waals surface area (Å²) in [6.45, 7) is 4.21. The highest BCUT2D eigenvalue weighted by molar-refractivity contribution is 7.89. The van der Waals surface area contributed by atoms with Crippen molar-refractivity contribution in [3.8, 4) is 0 Å². The Labute approximate surface area is 146 Å². The van der Waals surface area contributed by atoms with Crippen molar-refractivity contribution in [2.45, 2.75) is 37.8 Å². The van der Waals surface area contributed by atoms with Crippen LogP contribution in [0.15, 0.2) is 39.8 Å². The van der Waals surface area contributed by atoms with Crippen molar-refractivity contribution >= 4 is 15.9 Å². The van der Waals surface area contributed by atoms with Crippen LogP contribution in [0.4, 0.5) is 0 Å². The fourth-order valence-corrected chi connectivity index (χ4v) is 2.63. The Morgan fingerprint density at radius 1 is 1.32 bits per heavy atom. The summed E-state index contributed by atoms with van der Waals surface area (Å²) in [5, 5.41) is 7.72. The van der Waals surface area contributed by atoms with Crippen molar-refractivity contribution in [2.75, 3.05) is 0 Å². The maximum Gasteiger partial charge on any atom is 0.273 e. The van der Waals surface area contributed by atoms with E-state index in [9.17, 15) is 13.2 Å². The van der Waals surface area contributed by atoms with Crippen LogP contribution in [0.2, 0.25) is 0 Å². The molecule has 1 amide bonds. The number of hydrogen-bond donors (Lipinski definition) is 3. The third-order valence-electron chi connectivity index (χ3n) is 4.00. The molecule has 2 rings (SSSR count). The molecule has 0 fully saturated rings. The van der Waals surface area contributed by atoms with Gasteiger partial charge in [-0.05, 0) is 23.6 Å². The van der Waals surface area contributed by atoms with Crippen LogP contribution < -0.4 is 16.2 Å². The molecule has 0 bridgehead atoms. The molecule has 2 atom stereocenters. The average molecular weight is 366 g/mol. The van der Waals surface area contributed by atoms with E-state index in [0.717, 1.165) is 12.0 Å². The quantitative estimate of drug-likeness (QED) is 0.674. The average Bonchev–Trinajstić information content (AvgIpc) is 3.08. The van der Waals surface area contributed by atoms with Gasteiger partial charge in [-0.1, -0.05) is 32.4 Å². The number of sulfonamides is 1. The molecule has 0 spiro atoms. The minimum Gasteiger partial charge on any atom is -0.446 e. The van der Waals surface area contributed by atoms with Crippen LogP contribution in [-0.2, 0) is 16.6 Å². The minimum atomic E-state index is -3.73. The predicted octanol–water partition coefficient (Wildman–Crippen LogP) is 1.30. The van der Waals surface area contributed by atoms with Crippen LogP contribution in [0.1, 0.15) is 48.3 Å². The second kappa shape index (κ2) is 7.77. The first-order chi connectivity index (χ1) is 11.7. The number of nitrogens with two attached hydrogens (primary N) is 2. The Morgan fingerprint density at radius 3 is 2.52 bits per heavy atom. The summed E-state index contributed by atoms with van der Waals surface area (Å²) in [7, 11) is -3.73. The van der Waals surface area contributed by atoms with Gasteiger partial charge in [0.25, 0.3) is 5.91 Å². The van der Waals surface area contributed by atoms with Crippen LogP contribution in [0.25, 0.3) is 0 Å². The van der Waals surface area contributed by atoms with Crippen LogP contribution in [0.5, 0.6) is 0 Å². The van der Waals surface area contributed by atoms with Gasteiger partial charge in [-0.2, -0.15) is 0 Å². The standard InChI is InChI=1S/C16H22N4O4S/c1-3-10(2)14(17)16-20-13(9-24-16)15(21)19-8-11-4-6-12(7-5-11)25(18,22)23/h4-7,9-10,14H,3,8,17H2,1-2H3,(H,19,21)(H2,18,22,23). The van der Waals surface area contributed by atoms with E-state index in [1.54, 1.807) is 12.1 Å². The maximum atomic E-state index is 12.1. The van der Waals surface area contributed by atoms with Gasteiger partial charge in [-0.3, -0.25) is 4.79 Å². The van der Waals surface area contributed by atoms with E-state index in [2.05, 4.69) is 10.3 Å². The molecule has 0 aliphatic rings. The lowest BCUT2D eigenvalue weighted by molar-refractivity contribution is 0.0946. The number of rotatable bonds is 7. The number of carbonyl (C=O) groups excluding carboxylic acids is 1. The molecular weight excluding hydrogens is 344 g/mol. The molecule has 1 heterocycles. The highest BCUT2D eigenvalue weighted by atomic mass is 32.2. The van der Waals surface area contributed by atoms with Gasteiger partial charge in [-0.15, -0.1) is 0 Å². The third-order valence-corrected chi connectivity index (χ3v) is 4.93. The van der Waals surface area contributed by atoms with E-state index in [0.29, 0.717) is 5.89 Å². The summed E-state index contributed by atoms with van der Waals surface area (Å²) in [5.74, 6) is 0.116. The van der Waals surface area contributed by atoms with Gasteiger partial charge in [0, 0.05) is 6.54 Å². The molecule has 0 aliphatic carbocycles. The van der Waals surface area contributed by atoms with Crippen molar-refractivity contribution in [1.29, 1.82) is 0 Å². The number of hydrogen-bond acceptors (Lipinski definition) is 6. The summed E-state index contributed by atoms with van der Waals surface area (Å²) >= 11 is 0. The number of primary sulfonamides is 1. The SMILES string of the molecule is CCC(C)C(N)c1nc(C(=O)NCc2ccc(S(N)(=O)=O)cc2)co1. The number of aromatic nitrogens is 1. The lowest BCUT2D eigenvalue weighted by Crippen LogP contribution is -2.24. The summed E-state index contributed by atoms with van der Waals surface area (Å²) in [5.41, 5.74) is 6.90. The zero-order chi connectivity index (χ0) is 18.6. The molecular formula is C16H22N4O4S. The van der Waals surface area contributed by atoms with Gasteiger partial charge >= 0.3 is 0 Å². The number of nitrogens with zero attached hydrogens (tertiary/aromatic N) is 1. The van der Waals surface area contributed by atoms with Gasteiger partial charge in [0.15, 0.2) is 5.69 Å². The normalized spacial score (nSPS) is 14.1. The van der Waals surface area contributed by atoms with Crippen LogP contribution in [-0.4, -0.2) is 19.3 Å². The largest absolute Gasteiger partial charge is 0.446 e. The van der Waals surface area contributed by atoms with Crippen LogP contribution in [0, 0.1) is 5.92 Å². The van der Waals surface area contributed by atoms with Gasteiger partial charge in [0.05, 0.1) is 10.9 Å². The zero-order valence-corrected chi connectivity index (χ0v) is 14.9. The topological polar surface area (TPSA) is 141 Å². The molecule has 25 heavy (non-hydrogen) atoms. The maximum absolute atomic E-state index is 12.1. The molecule has 9 heteroatoms. The van der Waals surface area contributed by atoms with Crippen LogP contribution >= 0.6 is 0 Å². The molecule has 0 saturated heterocycles. The molecule has 2 unspecified atom stereocenters. The number of nitrogens with one attached hydrogen (secondary N) is 1. The molecule has 1 aromatic carbocycles. The van der Waals surface area contributed by atoms with Crippen molar-refractivity contribution in [1.82, 2.24) is 10.3 Å². The molecule has 136 valence electrons. The van der Waals surface area contributed by atoms with Gasteiger partial charge in [0.2, 0.25) is 15.9 Å². The van der Waals surface area contributed by atoms with E-state index < -0.39 is 15.9 Å². The Hall–Kier alpha value is -2.23.